The first-order valence-electron chi connectivity index (χ1n) is 5.20. The number of halogens is 2. The van der Waals surface area contributed by atoms with Crippen LogP contribution in [0, 0.1) is 0 Å². The van der Waals surface area contributed by atoms with Gasteiger partial charge in [0.2, 0.25) is 0 Å². The van der Waals surface area contributed by atoms with Crippen LogP contribution in [0.3, 0.4) is 0 Å². The van der Waals surface area contributed by atoms with Crippen LogP contribution in [-0.4, -0.2) is 21.3 Å². The summed E-state index contributed by atoms with van der Waals surface area (Å²) in [6, 6.07) is 1.69. The van der Waals surface area contributed by atoms with Gasteiger partial charge in [0.15, 0.2) is 0 Å². The van der Waals surface area contributed by atoms with Crippen molar-refractivity contribution >= 4 is 29.0 Å². The van der Waals surface area contributed by atoms with E-state index in [1.807, 2.05) is 20.2 Å². The van der Waals surface area contributed by atoms with E-state index in [0.29, 0.717) is 21.6 Å². The molecule has 0 aliphatic carbocycles. The maximum Gasteiger partial charge on any atom is 0.145 e. The summed E-state index contributed by atoms with van der Waals surface area (Å²) >= 11 is 12.2. The van der Waals surface area contributed by atoms with Gasteiger partial charge in [-0.15, -0.1) is 0 Å². The molecule has 2 aromatic heterocycles. The number of aryl methyl sites for hydroxylation is 1. The van der Waals surface area contributed by atoms with E-state index in [2.05, 4.69) is 15.4 Å². The molecule has 0 spiro atoms. The summed E-state index contributed by atoms with van der Waals surface area (Å²) < 4.78 is 1.70. The van der Waals surface area contributed by atoms with Crippen LogP contribution in [0.4, 0.5) is 5.82 Å². The first-order valence-corrected chi connectivity index (χ1v) is 5.96. The molecule has 0 aliphatic heterocycles. The van der Waals surface area contributed by atoms with Gasteiger partial charge in [-0.2, -0.15) is 5.10 Å². The van der Waals surface area contributed by atoms with Crippen molar-refractivity contribution in [3.05, 3.63) is 28.5 Å². The lowest BCUT2D eigenvalue weighted by Crippen LogP contribution is -2.01. The van der Waals surface area contributed by atoms with E-state index in [4.69, 9.17) is 23.2 Å². The van der Waals surface area contributed by atoms with Crippen molar-refractivity contribution in [2.24, 2.45) is 7.05 Å². The maximum atomic E-state index is 6.13. The fourth-order valence-electron chi connectivity index (χ4n) is 1.50. The molecule has 1 N–H and O–H groups in total. The molecule has 0 saturated heterocycles. The van der Waals surface area contributed by atoms with Gasteiger partial charge in [-0.3, -0.25) is 4.68 Å². The van der Waals surface area contributed by atoms with Crippen molar-refractivity contribution in [2.45, 2.75) is 6.92 Å². The molecule has 0 fully saturated rings. The van der Waals surface area contributed by atoms with E-state index in [0.717, 1.165) is 12.1 Å². The number of rotatable bonds is 3. The van der Waals surface area contributed by atoms with Crippen molar-refractivity contribution in [2.75, 3.05) is 11.9 Å². The highest BCUT2D eigenvalue weighted by molar-refractivity contribution is 6.37. The average molecular weight is 271 g/mol. The van der Waals surface area contributed by atoms with Gasteiger partial charge in [-0.1, -0.05) is 23.2 Å². The first-order chi connectivity index (χ1) is 8.11. The number of hydrogen-bond donors (Lipinski definition) is 1. The topological polar surface area (TPSA) is 42.7 Å². The maximum absolute atomic E-state index is 6.13. The Morgan fingerprint density at radius 1 is 1.35 bits per heavy atom. The highest BCUT2D eigenvalue weighted by Crippen LogP contribution is 2.31. The molecule has 0 bridgehead atoms. The molecule has 2 heterocycles. The Labute approximate surface area is 110 Å². The van der Waals surface area contributed by atoms with E-state index in [1.54, 1.807) is 16.9 Å². The molecule has 6 heteroatoms. The van der Waals surface area contributed by atoms with Gasteiger partial charge in [0.05, 0.1) is 21.9 Å². The van der Waals surface area contributed by atoms with Crippen LogP contribution in [0.1, 0.15) is 6.92 Å². The molecule has 0 amide bonds. The van der Waals surface area contributed by atoms with Crippen LogP contribution in [0.15, 0.2) is 18.5 Å². The third-order valence-electron chi connectivity index (χ3n) is 2.25. The molecule has 0 radical (unpaired) electrons. The lowest BCUT2D eigenvalue weighted by Gasteiger charge is -2.08. The van der Waals surface area contributed by atoms with Gasteiger partial charge in [-0.25, -0.2) is 4.98 Å². The summed E-state index contributed by atoms with van der Waals surface area (Å²) in [5.41, 5.74) is 1.55. The van der Waals surface area contributed by atoms with Crippen LogP contribution in [0.25, 0.3) is 11.3 Å². The third-order valence-corrected chi connectivity index (χ3v) is 2.83. The lowest BCUT2D eigenvalue weighted by molar-refractivity contribution is 0.768. The molecule has 0 aromatic carbocycles. The summed E-state index contributed by atoms with van der Waals surface area (Å²) in [7, 11) is 1.85. The van der Waals surface area contributed by atoms with E-state index in [9.17, 15) is 0 Å². The summed E-state index contributed by atoms with van der Waals surface area (Å²) in [5.74, 6) is 0.636. The smallest absolute Gasteiger partial charge is 0.145 e. The summed E-state index contributed by atoms with van der Waals surface area (Å²) in [4.78, 5) is 4.42. The highest BCUT2D eigenvalue weighted by Gasteiger charge is 2.11. The summed E-state index contributed by atoms with van der Waals surface area (Å²) in [6.07, 6.45) is 3.58. The molecule has 0 atom stereocenters. The fourth-order valence-corrected chi connectivity index (χ4v) is 2.04. The number of aromatic nitrogens is 3. The van der Waals surface area contributed by atoms with Gasteiger partial charge in [0.1, 0.15) is 5.82 Å². The molecule has 2 aromatic rings. The Balaban J connectivity index is 2.50. The predicted octanol–water partition coefficient (Wildman–Crippen LogP) is 3.22. The lowest BCUT2D eigenvalue weighted by atomic mass is 10.2. The van der Waals surface area contributed by atoms with Crippen LogP contribution in [-0.2, 0) is 7.05 Å². The highest BCUT2D eigenvalue weighted by atomic mass is 35.5. The zero-order valence-corrected chi connectivity index (χ0v) is 11.0. The molecular formula is C11H12Cl2N4. The molecule has 2 rings (SSSR count). The summed E-state index contributed by atoms with van der Waals surface area (Å²) in [5, 5.41) is 8.22. The first kappa shape index (κ1) is 12.2. The Morgan fingerprint density at radius 2 is 2.12 bits per heavy atom. The van der Waals surface area contributed by atoms with E-state index in [-0.39, 0.29) is 0 Å². The van der Waals surface area contributed by atoms with Crippen molar-refractivity contribution in [3.63, 3.8) is 0 Å². The van der Waals surface area contributed by atoms with E-state index >= 15 is 0 Å². The molecule has 0 saturated carbocycles. The zero-order chi connectivity index (χ0) is 12.4. The Bertz CT molecular complexity index is 536. The quantitative estimate of drug-likeness (QED) is 0.932. The Hall–Kier alpha value is -1.26. The second-order valence-electron chi connectivity index (χ2n) is 3.58. The third kappa shape index (κ3) is 2.53. The van der Waals surface area contributed by atoms with E-state index in [1.165, 1.54) is 0 Å². The predicted molar refractivity (Wildman–Crippen MR) is 70.6 cm³/mol. The molecule has 0 unspecified atom stereocenters. The van der Waals surface area contributed by atoms with Gasteiger partial charge in [0.25, 0.3) is 0 Å². The second kappa shape index (κ2) is 4.94. The second-order valence-corrected chi connectivity index (χ2v) is 4.40. The minimum absolute atomic E-state index is 0.518. The molecular weight excluding hydrogens is 259 g/mol. The van der Waals surface area contributed by atoms with Gasteiger partial charge in [-0.05, 0) is 13.0 Å². The van der Waals surface area contributed by atoms with Crippen LogP contribution in [0.5, 0.6) is 0 Å². The molecule has 17 heavy (non-hydrogen) atoms. The largest absolute Gasteiger partial charge is 0.369 e. The Morgan fingerprint density at radius 3 is 2.71 bits per heavy atom. The molecule has 4 nitrogen and oxygen atoms in total. The van der Waals surface area contributed by atoms with Gasteiger partial charge < -0.3 is 5.32 Å². The molecule has 90 valence electrons. The zero-order valence-electron chi connectivity index (χ0n) is 9.54. The standard InChI is InChI=1S/C11H12Cl2N4/c1-3-14-11-9(13)4-8(12)10(16-11)7-5-15-17(2)6-7/h4-6H,3H2,1-2H3,(H,14,16). The normalized spacial score (nSPS) is 10.6. The van der Waals surface area contributed by atoms with Crippen LogP contribution >= 0.6 is 23.2 Å². The number of anilines is 1. The van der Waals surface area contributed by atoms with Gasteiger partial charge in [0, 0.05) is 25.4 Å². The van der Waals surface area contributed by atoms with Crippen molar-refractivity contribution in [1.29, 1.82) is 0 Å². The molecule has 0 aliphatic rings. The SMILES string of the molecule is CCNc1nc(-c2cnn(C)c2)c(Cl)cc1Cl. The van der Waals surface area contributed by atoms with Crippen molar-refractivity contribution in [3.8, 4) is 11.3 Å². The number of nitrogens with one attached hydrogen (secondary N) is 1. The number of hydrogen-bond acceptors (Lipinski definition) is 3. The number of nitrogens with zero attached hydrogens (tertiary/aromatic N) is 3. The van der Waals surface area contributed by atoms with Crippen molar-refractivity contribution in [1.82, 2.24) is 14.8 Å². The van der Waals surface area contributed by atoms with Crippen LogP contribution < -0.4 is 5.32 Å². The number of pyridine rings is 1. The van der Waals surface area contributed by atoms with Gasteiger partial charge >= 0.3 is 0 Å². The van der Waals surface area contributed by atoms with Crippen LogP contribution in [0.2, 0.25) is 10.0 Å². The fraction of sp³-hybridized carbons (Fsp3) is 0.273. The summed E-state index contributed by atoms with van der Waals surface area (Å²) in [6.45, 7) is 2.73. The average Bonchev–Trinajstić information content (AvgIpc) is 2.69. The minimum atomic E-state index is 0.518. The van der Waals surface area contributed by atoms with Crippen molar-refractivity contribution < 1.29 is 0 Å². The van der Waals surface area contributed by atoms with E-state index < -0.39 is 0 Å². The Kier molecular flexibility index (Phi) is 3.54. The minimum Gasteiger partial charge on any atom is -0.369 e. The monoisotopic (exact) mass is 270 g/mol.